The first kappa shape index (κ1) is 20.4. The molecular formula is C31H33N3. The second-order valence-electron chi connectivity index (χ2n) is 10.8. The summed E-state index contributed by atoms with van der Waals surface area (Å²) in [5, 5.41) is 2.47. The summed E-state index contributed by atoms with van der Waals surface area (Å²) in [5.41, 5.74) is 9.93. The normalized spacial score (nSPS) is 18.5. The summed E-state index contributed by atoms with van der Waals surface area (Å²) in [4.78, 5) is 10.2. The maximum absolute atomic E-state index is 5.25. The zero-order valence-corrected chi connectivity index (χ0v) is 20.2. The summed E-state index contributed by atoms with van der Waals surface area (Å²) in [7, 11) is 0. The molecule has 0 unspecified atom stereocenters. The highest BCUT2D eigenvalue weighted by molar-refractivity contribution is 6.13. The number of aromatic nitrogens is 3. The summed E-state index contributed by atoms with van der Waals surface area (Å²) < 4.78 is 2.40. The molecule has 0 atom stereocenters. The number of hydrogen-bond acceptors (Lipinski definition) is 2. The van der Waals surface area contributed by atoms with Crippen LogP contribution in [0.2, 0.25) is 0 Å². The number of imidazole rings is 1. The van der Waals surface area contributed by atoms with E-state index in [2.05, 4.69) is 53.8 Å². The molecule has 0 aliphatic heterocycles. The Hall–Kier alpha value is -2.94. The SMILES string of the molecule is Cc1ccnc2c3cc(C4CCCCC4)ccc3n3c4ccc(C5CCCCC5)cc4nc3c12. The number of pyridine rings is 2. The lowest BCUT2D eigenvalue weighted by molar-refractivity contribution is 0.444. The molecule has 3 heteroatoms. The van der Waals surface area contributed by atoms with E-state index in [-0.39, 0.29) is 0 Å². The van der Waals surface area contributed by atoms with Crippen molar-refractivity contribution in [3.8, 4) is 0 Å². The van der Waals surface area contributed by atoms with Crippen molar-refractivity contribution in [2.75, 3.05) is 0 Å². The van der Waals surface area contributed by atoms with Crippen LogP contribution in [0.3, 0.4) is 0 Å². The molecule has 3 nitrogen and oxygen atoms in total. The highest BCUT2D eigenvalue weighted by atomic mass is 15.0. The Morgan fingerprint density at radius 2 is 1.38 bits per heavy atom. The van der Waals surface area contributed by atoms with Crippen LogP contribution >= 0.6 is 0 Å². The molecule has 2 fully saturated rings. The predicted octanol–water partition coefficient (Wildman–Crippen LogP) is 8.59. The van der Waals surface area contributed by atoms with E-state index in [4.69, 9.17) is 9.97 Å². The molecular weight excluding hydrogens is 414 g/mol. The molecule has 0 saturated heterocycles. The molecule has 0 N–H and O–H groups in total. The van der Waals surface area contributed by atoms with Gasteiger partial charge in [0.25, 0.3) is 0 Å². The van der Waals surface area contributed by atoms with Crippen molar-refractivity contribution in [2.45, 2.75) is 83.0 Å². The molecule has 7 rings (SSSR count). The lowest BCUT2D eigenvalue weighted by Gasteiger charge is -2.22. The largest absolute Gasteiger partial charge is 0.292 e. The number of benzene rings is 2. The number of rotatable bonds is 2. The van der Waals surface area contributed by atoms with Crippen LogP contribution in [-0.2, 0) is 0 Å². The Labute approximate surface area is 201 Å². The van der Waals surface area contributed by atoms with Crippen molar-refractivity contribution < 1.29 is 0 Å². The van der Waals surface area contributed by atoms with E-state index in [0.29, 0.717) is 11.8 Å². The lowest BCUT2D eigenvalue weighted by Crippen LogP contribution is -2.05. The van der Waals surface area contributed by atoms with Crippen LogP contribution in [0.25, 0.3) is 38.5 Å². The van der Waals surface area contributed by atoms with Crippen molar-refractivity contribution in [1.29, 1.82) is 0 Å². The van der Waals surface area contributed by atoms with Gasteiger partial charge in [-0.1, -0.05) is 50.7 Å². The first-order valence-electron chi connectivity index (χ1n) is 13.4. The van der Waals surface area contributed by atoms with Gasteiger partial charge in [0.2, 0.25) is 0 Å². The molecule has 34 heavy (non-hydrogen) atoms. The molecule has 5 aromatic rings. The second-order valence-corrected chi connectivity index (χ2v) is 10.8. The third-order valence-corrected chi connectivity index (χ3v) is 8.73. The van der Waals surface area contributed by atoms with Gasteiger partial charge in [0, 0.05) is 17.0 Å². The van der Waals surface area contributed by atoms with Gasteiger partial charge >= 0.3 is 0 Å². The van der Waals surface area contributed by atoms with Crippen LogP contribution in [0, 0.1) is 6.92 Å². The van der Waals surface area contributed by atoms with Gasteiger partial charge in [-0.2, -0.15) is 0 Å². The number of hydrogen-bond donors (Lipinski definition) is 0. The van der Waals surface area contributed by atoms with Crippen molar-refractivity contribution in [2.24, 2.45) is 0 Å². The van der Waals surface area contributed by atoms with Gasteiger partial charge in [0.1, 0.15) is 5.65 Å². The van der Waals surface area contributed by atoms with E-state index in [9.17, 15) is 0 Å². The smallest absolute Gasteiger partial charge is 0.148 e. The highest BCUT2D eigenvalue weighted by Gasteiger charge is 2.21. The van der Waals surface area contributed by atoms with Crippen LogP contribution < -0.4 is 0 Å². The van der Waals surface area contributed by atoms with E-state index in [0.717, 1.165) is 16.7 Å². The Morgan fingerprint density at radius 3 is 2.09 bits per heavy atom. The minimum atomic E-state index is 0.686. The zero-order chi connectivity index (χ0) is 22.6. The quantitative estimate of drug-likeness (QED) is 0.254. The molecule has 0 bridgehead atoms. The fourth-order valence-corrected chi connectivity index (χ4v) is 6.87. The van der Waals surface area contributed by atoms with Gasteiger partial charge < -0.3 is 0 Å². The topological polar surface area (TPSA) is 30.2 Å². The van der Waals surface area contributed by atoms with E-state index in [1.165, 1.54) is 103 Å². The first-order chi connectivity index (χ1) is 16.8. The van der Waals surface area contributed by atoms with Crippen molar-refractivity contribution in [3.05, 3.63) is 65.4 Å². The second kappa shape index (κ2) is 8.08. The van der Waals surface area contributed by atoms with Crippen molar-refractivity contribution >= 4 is 38.5 Å². The zero-order valence-electron chi connectivity index (χ0n) is 20.2. The molecule has 2 aliphatic rings. The van der Waals surface area contributed by atoms with E-state index >= 15 is 0 Å². The molecule has 172 valence electrons. The van der Waals surface area contributed by atoms with E-state index < -0.39 is 0 Å². The molecule has 0 spiro atoms. The summed E-state index contributed by atoms with van der Waals surface area (Å²) in [5.74, 6) is 1.38. The molecule has 2 aromatic carbocycles. The van der Waals surface area contributed by atoms with Crippen LogP contribution in [0.15, 0.2) is 48.7 Å². The van der Waals surface area contributed by atoms with Gasteiger partial charge in [-0.25, -0.2) is 4.98 Å². The maximum atomic E-state index is 5.25. The molecule has 3 aromatic heterocycles. The van der Waals surface area contributed by atoms with E-state index in [1.807, 2.05) is 6.20 Å². The standard InChI is InChI=1S/C31H33N3/c1-20-16-17-32-30-25-18-23(21-8-4-2-5-9-21)12-14-27(25)34-28-15-13-24(22-10-6-3-7-11-22)19-26(28)33-31(34)29(20)30/h12-19,21-22H,2-11H2,1H3. The number of fused-ring (bicyclic) bond motifs is 8. The summed E-state index contributed by atoms with van der Waals surface area (Å²) in [6, 6.07) is 16.4. The Balaban J connectivity index is 1.51. The minimum Gasteiger partial charge on any atom is -0.292 e. The fraction of sp³-hybridized carbons (Fsp3) is 0.419. The van der Waals surface area contributed by atoms with Gasteiger partial charge in [-0.3, -0.25) is 9.38 Å². The van der Waals surface area contributed by atoms with Crippen molar-refractivity contribution in [3.63, 3.8) is 0 Å². The monoisotopic (exact) mass is 447 g/mol. The third kappa shape index (κ3) is 3.16. The first-order valence-corrected chi connectivity index (χ1v) is 13.4. The van der Waals surface area contributed by atoms with Gasteiger partial charge in [0.05, 0.1) is 22.1 Å². The minimum absolute atomic E-state index is 0.686. The van der Waals surface area contributed by atoms with Gasteiger partial charge in [-0.15, -0.1) is 0 Å². The summed E-state index contributed by atoms with van der Waals surface area (Å²) in [6.07, 6.45) is 15.4. The average Bonchev–Trinajstić information content (AvgIpc) is 3.28. The van der Waals surface area contributed by atoms with Crippen LogP contribution in [-0.4, -0.2) is 14.4 Å². The summed E-state index contributed by atoms with van der Waals surface area (Å²) >= 11 is 0. The fourth-order valence-electron chi connectivity index (χ4n) is 6.87. The van der Waals surface area contributed by atoms with Crippen LogP contribution in [0.1, 0.15) is 92.7 Å². The van der Waals surface area contributed by atoms with Gasteiger partial charge in [-0.05, 0) is 91.5 Å². The van der Waals surface area contributed by atoms with E-state index in [1.54, 1.807) is 0 Å². The van der Waals surface area contributed by atoms with Crippen molar-refractivity contribution in [1.82, 2.24) is 14.4 Å². The van der Waals surface area contributed by atoms with Crippen LogP contribution in [0.5, 0.6) is 0 Å². The maximum Gasteiger partial charge on any atom is 0.148 e. The molecule has 0 amide bonds. The predicted molar refractivity (Wildman–Crippen MR) is 142 cm³/mol. The molecule has 0 radical (unpaired) electrons. The Kier molecular flexibility index (Phi) is 4.85. The highest BCUT2D eigenvalue weighted by Crippen LogP contribution is 2.39. The Morgan fingerprint density at radius 1 is 0.735 bits per heavy atom. The molecule has 3 heterocycles. The Bertz CT molecular complexity index is 1530. The molecule has 2 aliphatic carbocycles. The average molecular weight is 448 g/mol. The van der Waals surface area contributed by atoms with Crippen LogP contribution in [0.4, 0.5) is 0 Å². The number of aryl methyl sites for hydroxylation is 1. The third-order valence-electron chi connectivity index (χ3n) is 8.73. The summed E-state index contributed by atoms with van der Waals surface area (Å²) in [6.45, 7) is 2.20. The number of nitrogens with zero attached hydrogens (tertiary/aromatic N) is 3. The molecule has 2 saturated carbocycles. The lowest BCUT2D eigenvalue weighted by atomic mass is 9.83. The van der Waals surface area contributed by atoms with Gasteiger partial charge in [0.15, 0.2) is 0 Å².